The van der Waals surface area contributed by atoms with Crippen LogP contribution in [0.25, 0.3) is 11.3 Å². The number of likely N-dealkylation sites (tertiary alicyclic amines) is 1. The Bertz CT molecular complexity index is 723. The van der Waals surface area contributed by atoms with Gasteiger partial charge in [0.25, 0.3) is 5.91 Å². The summed E-state index contributed by atoms with van der Waals surface area (Å²) in [5.41, 5.74) is 2.72. The van der Waals surface area contributed by atoms with Crippen LogP contribution in [-0.2, 0) is 4.74 Å². The molecule has 0 radical (unpaired) electrons. The molecule has 6 nitrogen and oxygen atoms in total. The van der Waals surface area contributed by atoms with Crippen LogP contribution in [-0.4, -0.2) is 71.3 Å². The molecule has 6 heteroatoms. The first-order valence-electron chi connectivity index (χ1n) is 10.0. The second kappa shape index (κ2) is 8.67. The molecule has 2 fully saturated rings. The van der Waals surface area contributed by atoms with Gasteiger partial charge < -0.3 is 14.5 Å². The van der Waals surface area contributed by atoms with Gasteiger partial charge in [0.1, 0.15) is 0 Å². The zero-order valence-electron chi connectivity index (χ0n) is 15.8. The molecule has 0 bridgehead atoms. The number of carbonyl (C=O) groups is 1. The van der Waals surface area contributed by atoms with Crippen LogP contribution in [0.2, 0.25) is 0 Å². The SMILES string of the molecule is O=C(c1ccc(-c2ccn[nH]2)cc1)N1CCCO[C@H](CN2CCCCC2)C1. The van der Waals surface area contributed by atoms with Crippen molar-refractivity contribution in [1.82, 2.24) is 20.0 Å². The minimum Gasteiger partial charge on any atom is -0.375 e. The van der Waals surface area contributed by atoms with Gasteiger partial charge in [0, 0.05) is 38.0 Å². The van der Waals surface area contributed by atoms with Gasteiger partial charge in [0.2, 0.25) is 0 Å². The third-order valence-corrected chi connectivity index (χ3v) is 5.49. The zero-order chi connectivity index (χ0) is 18.5. The lowest BCUT2D eigenvalue weighted by atomic mass is 10.1. The standard InChI is InChI=1S/C21H28N4O2/c26-21(18-7-5-17(6-8-18)20-9-10-22-23-20)25-13-4-14-27-19(16-25)15-24-11-2-1-3-12-24/h5-10,19H,1-4,11-16H2,(H,22,23)/t19-/m1/s1. The Hall–Kier alpha value is -2.18. The first-order chi connectivity index (χ1) is 13.3. The predicted molar refractivity (Wildman–Crippen MR) is 105 cm³/mol. The van der Waals surface area contributed by atoms with E-state index in [1.165, 1.54) is 19.3 Å². The van der Waals surface area contributed by atoms with Gasteiger partial charge in [-0.25, -0.2) is 0 Å². The van der Waals surface area contributed by atoms with Crippen molar-refractivity contribution in [1.29, 1.82) is 0 Å². The summed E-state index contributed by atoms with van der Waals surface area (Å²) in [4.78, 5) is 17.5. The number of H-pyrrole nitrogens is 1. The molecule has 1 aromatic carbocycles. The van der Waals surface area contributed by atoms with Crippen LogP contribution in [0.3, 0.4) is 0 Å². The van der Waals surface area contributed by atoms with Crippen molar-refractivity contribution in [3.05, 3.63) is 42.1 Å². The third-order valence-electron chi connectivity index (χ3n) is 5.49. The zero-order valence-corrected chi connectivity index (χ0v) is 15.8. The fourth-order valence-electron chi connectivity index (χ4n) is 4.01. The van der Waals surface area contributed by atoms with Gasteiger partial charge in [0.05, 0.1) is 11.8 Å². The van der Waals surface area contributed by atoms with Crippen molar-refractivity contribution in [3.63, 3.8) is 0 Å². The number of amides is 1. The largest absolute Gasteiger partial charge is 0.375 e. The smallest absolute Gasteiger partial charge is 0.253 e. The van der Waals surface area contributed by atoms with Gasteiger partial charge in [-0.05, 0) is 56.1 Å². The summed E-state index contributed by atoms with van der Waals surface area (Å²) < 4.78 is 6.04. The van der Waals surface area contributed by atoms with Gasteiger partial charge in [-0.15, -0.1) is 0 Å². The summed E-state index contributed by atoms with van der Waals surface area (Å²) in [6, 6.07) is 9.68. The molecular weight excluding hydrogens is 340 g/mol. The van der Waals surface area contributed by atoms with Crippen LogP contribution in [0.5, 0.6) is 0 Å². The van der Waals surface area contributed by atoms with Crippen LogP contribution in [0, 0.1) is 0 Å². The highest BCUT2D eigenvalue weighted by molar-refractivity contribution is 5.94. The molecule has 0 spiro atoms. The molecule has 2 saturated heterocycles. The van der Waals surface area contributed by atoms with E-state index >= 15 is 0 Å². The van der Waals surface area contributed by atoms with E-state index in [1.54, 1.807) is 6.20 Å². The normalized spacial score (nSPS) is 21.8. The Morgan fingerprint density at radius 3 is 2.63 bits per heavy atom. The Balaban J connectivity index is 1.40. The molecule has 3 heterocycles. The second-order valence-electron chi connectivity index (χ2n) is 7.51. The van der Waals surface area contributed by atoms with Crippen LogP contribution < -0.4 is 0 Å². The van der Waals surface area contributed by atoms with E-state index in [0.717, 1.165) is 56.0 Å². The summed E-state index contributed by atoms with van der Waals surface area (Å²) in [5.74, 6) is 0.0975. The molecule has 27 heavy (non-hydrogen) atoms. The van der Waals surface area contributed by atoms with Gasteiger partial charge in [-0.2, -0.15) is 5.10 Å². The highest BCUT2D eigenvalue weighted by Gasteiger charge is 2.25. The lowest BCUT2D eigenvalue weighted by Crippen LogP contribution is -2.43. The highest BCUT2D eigenvalue weighted by atomic mass is 16.5. The molecule has 2 aliphatic heterocycles. The maximum Gasteiger partial charge on any atom is 0.253 e. The number of carbonyl (C=O) groups excluding carboxylic acids is 1. The van der Waals surface area contributed by atoms with E-state index in [0.29, 0.717) is 6.54 Å². The van der Waals surface area contributed by atoms with Crippen molar-refractivity contribution < 1.29 is 9.53 Å². The molecule has 144 valence electrons. The summed E-state index contributed by atoms with van der Waals surface area (Å²) >= 11 is 0. The average Bonchev–Trinajstić information content (AvgIpc) is 3.15. The van der Waals surface area contributed by atoms with E-state index in [2.05, 4.69) is 15.1 Å². The Morgan fingerprint density at radius 1 is 1.07 bits per heavy atom. The lowest BCUT2D eigenvalue weighted by molar-refractivity contribution is 0.0216. The van der Waals surface area contributed by atoms with Gasteiger partial charge >= 0.3 is 0 Å². The number of benzene rings is 1. The molecule has 4 rings (SSSR count). The van der Waals surface area contributed by atoms with Crippen LogP contribution in [0.1, 0.15) is 36.0 Å². The van der Waals surface area contributed by atoms with Crippen LogP contribution in [0.15, 0.2) is 36.5 Å². The first-order valence-corrected chi connectivity index (χ1v) is 10.0. The summed E-state index contributed by atoms with van der Waals surface area (Å²) in [7, 11) is 0. The highest BCUT2D eigenvalue weighted by Crippen LogP contribution is 2.19. The van der Waals surface area contributed by atoms with E-state index in [1.807, 2.05) is 35.2 Å². The van der Waals surface area contributed by atoms with Crippen molar-refractivity contribution >= 4 is 5.91 Å². The number of piperidine rings is 1. The molecule has 1 N–H and O–H groups in total. The van der Waals surface area contributed by atoms with E-state index in [4.69, 9.17) is 4.74 Å². The van der Waals surface area contributed by atoms with Crippen molar-refractivity contribution in [2.45, 2.75) is 31.8 Å². The summed E-state index contributed by atoms with van der Waals surface area (Å²) in [6.45, 7) is 5.42. The molecule has 0 unspecified atom stereocenters. The molecule has 1 amide bonds. The summed E-state index contributed by atoms with van der Waals surface area (Å²) in [6.07, 6.45) is 6.62. The molecule has 2 aromatic rings. The molecule has 1 atom stereocenters. The number of nitrogens with zero attached hydrogens (tertiary/aromatic N) is 3. The van der Waals surface area contributed by atoms with Crippen LogP contribution in [0.4, 0.5) is 0 Å². The van der Waals surface area contributed by atoms with E-state index < -0.39 is 0 Å². The fourth-order valence-corrected chi connectivity index (χ4v) is 4.01. The molecule has 2 aliphatic rings. The molecule has 0 aliphatic carbocycles. The number of nitrogens with one attached hydrogen (secondary N) is 1. The van der Waals surface area contributed by atoms with Crippen molar-refractivity contribution in [2.24, 2.45) is 0 Å². The number of aromatic amines is 1. The predicted octanol–water partition coefficient (Wildman–Crippen LogP) is 2.79. The van der Waals surface area contributed by atoms with Gasteiger partial charge in [-0.3, -0.25) is 9.89 Å². The maximum absolute atomic E-state index is 13.0. The number of hydrogen-bond donors (Lipinski definition) is 1. The fraction of sp³-hybridized carbons (Fsp3) is 0.524. The molecule has 1 aromatic heterocycles. The number of rotatable bonds is 4. The quantitative estimate of drug-likeness (QED) is 0.901. The monoisotopic (exact) mass is 368 g/mol. The van der Waals surface area contributed by atoms with Crippen LogP contribution >= 0.6 is 0 Å². The summed E-state index contributed by atoms with van der Waals surface area (Å²) in [5, 5.41) is 6.93. The van der Waals surface area contributed by atoms with E-state index in [-0.39, 0.29) is 12.0 Å². The lowest BCUT2D eigenvalue weighted by Gasteiger charge is -2.31. The van der Waals surface area contributed by atoms with E-state index in [9.17, 15) is 4.79 Å². The Morgan fingerprint density at radius 2 is 1.89 bits per heavy atom. The molecule has 0 saturated carbocycles. The number of hydrogen-bond acceptors (Lipinski definition) is 4. The van der Waals surface area contributed by atoms with Crippen molar-refractivity contribution in [3.8, 4) is 11.3 Å². The van der Waals surface area contributed by atoms with Gasteiger partial charge in [-0.1, -0.05) is 18.6 Å². The second-order valence-corrected chi connectivity index (χ2v) is 7.51. The minimum absolute atomic E-state index is 0.0975. The first kappa shape index (κ1) is 18.2. The topological polar surface area (TPSA) is 61.5 Å². The van der Waals surface area contributed by atoms with Crippen molar-refractivity contribution in [2.75, 3.05) is 39.3 Å². The number of aromatic nitrogens is 2. The van der Waals surface area contributed by atoms with Gasteiger partial charge in [0.15, 0.2) is 0 Å². The average molecular weight is 368 g/mol. The third kappa shape index (κ3) is 4.57. The maximum atomic E-state index is 13.0. The Labute approximate surface area is 160 Å². The number of ether oxygens (including phenoxy) is 1. The molecular formula is C21H28N4O2. The minimum atomic E-state index is 0.0975. The Kier molecular flexibility index (Phi) is 5.84.